The number of amides is 1. The smallest absolute Gasteiger partial charge is 0.414 e. The van der Waals surface area contributed by atoms with Crippen molar-refractivity contribution < 1.29 is 32.2 Å². The molecule has 1 fully saturated rings. The zero-order valence-corrected chi connectivity index (χ0v) is 25.8. The number of ether oxygens (including phenoxy) is 1. The van der Waals surface area contributed by atoms with Crippen molar-refractivity contribution in [1.82, 2.24) is 9.55 Å². The SMILES string of the molecule is CC(=O)Nc1nc(=O)n([C@H]2C[C@@](O)([Si](C)(C)C(C)(C)C)[C@@H](CO[Si](C)(C)C(C)(C)C)O2)cc1C(F)(F)F. The summed E-state index contributed by atoms with van der Waals surface area (Å²) in [4.78, 5) is 27.8. The first-order chi connectivity index (χ1) is 16.3. The molecule has 1 aliphatic rings. The number of anilines is 1. The van der Waals surface area contributed by atoms with Crippen LogP contribution in [0.1, 0.15) is 66.7 Å². The Hall–Kier alpha value is -1.55. The summed E-state index contributed by atoms with van der Waals surface area (Å²) in [6.07, 6.45) is -6.43. The molecular formula is C24H42F3N3O5Si2. The van der Waals surface area contributed by atoms with Crippen LogP contribution in [-0.4, -0.2) is 54.9 Å². The van der Waals surface area contributed by atoms with Crippen LogP contribution in [-0.2, 0) is 20.1 Å². The van der Waals surface area contributed by atoms with Gasteiger partial charge in [-0.15, -0.1) is 0 Å². The number of rotatable bonds is 6. The highest BCUT2D eigenvalue weighted by Gasteiger charge is 2.62. The molecule has 2 N–H and O–H groups in total. The molecule has 1 aromatic heterocycles. The van der Waals surface area contributed by atoms with Gasteiger partial charge in [0.2, 0.25) is 5.91 Å². The van der Waals surface area contributed by atoms with Gasteiger partial charge >= 0.3 is 11.9 Å². The first-order valence-corrected chi connectivity index (χ1v) is 18.3. The van der Waals surface area contributed by atoms with Gasteiger partial charge in [0, 0.05) is 19.5 Å². The number of aliphatic hydroxyl groups is 1. The molecule has 0 unspecified atom stereocenters. The summed E-state index contributed by atoms with van der Waals surface area (Å²) in [7, 11) is -4.88. The Balaban J connectivity index is 2.61. The quantitative estimate of drug-likeness (QED) is 0.454. The maximum atomic E-state index is 13.8. The topological polar surface area (TPSA) is 103 Å². The van der Waals surface area contributed by atoms with Crippen LogP contribution < -0.4 is 11.0 Å². The molecule has 0 bridgehead atoms. The molecule has 1 aromatic rings. The minimum absolute atomic E-state index is 0.0499. The number of nitrogens with one attached hydrogen (secondary N) is 1. The lowest BCUT2D eigenvalue weighted by Gasteiger charge is -2.49. The van der Waals surface area contributed by atoms with Crippen LogP contribution in [0.25, 0.3) is 0 Å². The number of aromatic nitrogens is 2. The van der Waals surface area contributed by atoms with Crippen LogP contribution >= 0.6 is 0 Å². The van der Waals surface area contributed by atoms with E-state index in [1.165, 1.54) is 0 Å². The molecule has 8 nitrogen and oxygen atoms in total. The second kappa shape index (κ2) is 9.89. The van der Waals surface area contributed by atoms with E-state index in [9.17, 15) is 27.9 Å². The lowest BCUT2D eigenvalue weighted by Crippen LogP contribution is -2.65. The molecular weight excluding hydrogens is 523 g/mol. The number of halogens is 3. The summed E-state index contributed by atoms with van der Waals surface area (Å²) in [6.45, 7) is 21.5. The highest BCUT2D eigenvalue weighted by atomic mass is 28.4. The molecule has 1 amide bonds. The second-order valence-electron chi connectivity index (χ2n) is 13.0. The van der Waals surface area contributed by atoms with Gasteiger partial charge in [0.25, 0.3) is 0 Å². The number of hydrogen-bond acceptors (Lipinski definition) is 6. The van der Waals surface area contributed by atoms with E-state index in [0.717, 1.165) is 11.5 Å². The number of alkyl halides is 3. The van der Waals surface area contributed by atoms with E-state index in [4.69, 9.17) is 9.16 Å². The number of carbonyl (C=O) groups excluding carboxylic acids is 1. The van der Waals surface area contributed by atoms with Crippen molar-refractivity contribution in [2.24, 2.45) is 0 Å². The molecule has 13 heteroatoms. The normalized spacial score (nSPS) is 23.9. The second-order valence-corrected chi connectivity index (χ2v) is 23.5. The molecule has 2 rings (SSSR count). The Morgan fingerprint density at radius 2 is 1.73 bits per heavy atom. The summed E-state index contributed by atoms with van der Waals surface area (Å²) in [6, 6.07) is 0. The summed E-state index contributed by atoms with van der Waals surface area (Å²) in [5.74, 6) is -1.65. The van der Waals surface area contributed by atoms with Crippen LogP contribution in [0, 0.1) is 0 Å². The van der Waals surface area contributed by atoms with Crippen molar-refractivity contribution in [3.05, 3.63) is 22.2 Å². The first kappa shape index (κ1) is 31.7. The van der Waals surface area contributed by atoms with Gasteiger partial charge in [-0.2, -0.15) is 18.2 Å². The van der Waals surface area contributed by atoms with Crippen molar-refractivity contribution in [3.8, 4) is 0 Å². The van der Waals surface area contributed by atoms with Crippen LogP contribution in [0.4, 0.5) is 19.0 Å². The molecule has 0 saturated carbocycles. The molecule has 2 heterocycles. The summed E-state index contributed by atoms with van der Waals surface area (Å²) >= 11 is 0. The van der Waals surface area contributed by atoms with E-state index in [0.29, 0.717) is 6.20 Å². The van der Waals surface area contributed by atoms with Gasteiger partial charge in [0.05, 0.1) is 19.9 Å². The average Bonchev–Trinajstić information content (AvgIpc) is 3.01. The molecule has 3 atom stereocenters. The van der Waals surface area contributed by atoms with Crippen LogP contribution in [0.5, 0.6) is 0 Å². The average molecular weight is 566 g/mol. The van der Waals surface area contributed by atoms with E-state index in [1.54, 1.807) is 0 Å². The van der Waals surface area contributed by atoms with Gasteiger partial charge in [-0.25, -0.2) is 4.79 Å². The Kier molecular flexibility index (Phi) is 8.46. The minimum Gasteiger partial charge on any atom is -0.414 e. The molecule has 0 aliphatic carbocycles. The van der Waals surface area contributed by atoms with Crippen molar-refractivity contribution in [2.75, 3.05) is 11.9 Å². The van der Waals surface area contributed by atoms with E-state index < -0.39 is 63.1 Å². The molecule has 1 aliphatic heterocycles. The molecule has 37 heavy (non-hydrogen) atoms. The monoisotopic (exact) mass is 565 g/mol. The van der Waals surface area contributed by atoms with Gasteiger partial charge < -0.3 is 19.6 Å². The Labute approximate surface area is 219 Å². The largest absolute Gasteiger partial charge is 0.421 e. The van der Waals surface area contributed by atoms with Crippen molar-refractivity contribution >= 4 is 28.1 Å². The zero-order chi connectivity index (χ0) is 29.0. The predicted octanol–water partition coefficient (Wildman–Crippen LogP) is 5.31. The number of carbonyl (C=O) groups is 1. The van der Waals surface area contributed by atoms with Gasteiger partial charge in [0.1, 0.15) is 17.9 Å². The van der Waals surface area contributed by atoms with Gasteiger partial charge in [0.15, 0.2) is 14.1 Å². The third kappa shape index (κ3) is 6.21. The highest BCUT2D eigenvalue weighted by Crippen LogP contribution is 2.52. The fourth-order valence-corrected chi connectivity index (χ4v) is 7.98. The molecule has 0 spiro atoms. The Bertz CT molecular complexity index is 1080. The fourth-order valence-electron chi connectivity index (χ4n) is 4.04. The fraction of sp³-hybridized carbons (Fsp3) is 0.792. The number of nitrogens with zero attached hydrogens (tertiary/aromatic N) is 2. The van der Waals surface area contributed by atoms with Crippen LogP contribution in [0.2, 0.25) is 36.3 Å². The standard InChI is InChI=1S/C24H42F3N3O5Si2/c1-15(31)28-19-16(24(25,26)27)13-30(20(32)29-19)18-12-23(33,36(8,9)21(2,3)4)17(35-18)14-34-37(10,11)22(5,6)7/h13,17-18,33H,12,14H2,1-11H3,(H,28,29,31,32)/t17-,18-,23-/m1/s1. The third-order valence-corrected chi connectivity index (χ3v) is 19.5. The third-order valence-electron chi connectivity index (χ3n) is 8.56. The molecule has 212 valence electrons. The van der Waals surface area contributed by atoms with E-state index in [2.05, 4.69) is 38.8 Å². The summed E-state index contributed by atoms with van der Waals surface area (Å²) < 4.78 is 54.8. The summed E-state index contributed by atoms with van der Waals surface area (Å²) in [5.41, 5.74) is -2.30. The van der Waals surface area contributed by atoms with Gasteiger partial charge in [-0.3, -0.25) is 9.36 Å². The predicted molar refractivity (Wildman–Crippen MR) is 142 cm³/mol. The maximum Gasteiger partial charge on any atom is 0.421 e. The summed E-state index contributed by atoms with van der Waals surface area (Å²) in [5, 5.41) is 12.4. The van der Waals surface area contributed by atoms with E-state index in [1.807, 2.05) is 39.2 Å². The zero-order valence-electron chi connectivity index (χ0n) is 23.8. The van der Waals surface area contributed by atoms with Gasteiger partial charge in [-0.1, -0.05) is 54.6 Å². The van der Waals surface area contributed by atoms with E-state index >= 15 is 0 Å². The van der Waals surface area contributed by atoms with Gasteiger partial charge in [-0.05, 0) is 23.2 Å². The molecule has 1 saturated heterocycles. The Morgan fingerprint density at radius 1 is 1.19 bits per heavy atom. The molecule has 0 aromatic carbocycles. The highest BCUT2D eigenvalue weighted by molar-refractivity contribution is 6.83. The maximum absolute atomic E-state index is 13.8. The van der Waals surface area contributed by atoms with Crippen molar-refractivity contribution in [2.45, 2.75) is 115 Å². The first-order valence-electron chi connectivity index (χ1n) is 12.3. The number of hydrogen-bond donors (Lipinski definition) is 2. The van der Waals surface area contributed by atoms with E-state index in [-0.39, 0.29) is 23.1 Å². The van der Waals surface area contributed by atoms with Crippen molar-refractivity contribution in [3.63, 3.8) is 0 Å². The van der Waals surface area contributed by atoms with Crippen LogP contribution in [0.15, 0.2) is 11.0 Å². The lowest BCUT2D eigenvalue weighted by atomic mass is 10.1. The molecule has 0 radical (unpaired) electrons. The minimum atomic E-state index is -4.89. The van der Waals surface area contributed by atoms with Crippen molar-refractivity contribution in [1.29, 1.82) is 0 Å². The van der Waals surface area contributed by atoms with Crippen LogP contribution in [0.3, 0.4) is 0 Å². The Morgan fingerprint density at radius 3 is 2.16 bits per heavy atom. The lowest BCUT2D eigenvalue weighted by molar-refractivity contribution is -0.138.